The number of rotatable bonds is 7. The van der Waals surface area contributed by atoms with Crippen molar-refractivity contribution in [2.75, 3.05) is 17.2 Å². The Hall–Kier alpha value is -1.62. The number of benzene rings is 2. The van der Waals surface area contributed by atoms with Crippen LogP contribution in [0.5, 0.6) is 5.75 Å². The summed E-state index contributed by atoms with van der Waals surface area (Å²) in [5.74, 6) is 0.501. The van der Waals surface area contributed by atoms with Crippen molar-refractivity contribution in [3.8, 4) is 5.75 Å². The van der Waals surface area contributed by atoms with Crippen LogP contribution in [0.3, 0.4) is 0 Å². The molecular formula is C18H19Cl3N2O2. The molecule has 4 nitrogen and oxygen atoms in total. The summed E-state index contributed by atoms with van der Waals surface area (Å²) in [6, 6.07) is 10.5. The first-order valence-electron chi connectivity index (χ1n) is 7.84. The minimum atomic E-state index is -0.256. The second-order valence-electron chi connectivity index (χ2n) is 5.51. The topological polar surface area (TPSA) is 50.4 Å². The fraction of sp³-hybridized carbons (Fsp3) is 0.278. The van der Waals surface area contributed by atoms with Crippen molar-refractivity contribution in [3.63, 3.8) is 0 Å². The van der Waals surface area contributed by atoms with Crippen molar-refractivity contribution in [2.24, 2.45) is 0 Å². The van der Waals surface area contributed by atoms with Gasteiger partial charge >= 0.3 is 0 Å². The summed E-state index contributed by atoms with van der Waals surface area (Å²) in [4.78, 5) is 12.1. The third-order valence-corrected chi connectivity index (χ3v) is 4.52. The zero-order chi connectivity index (χ0) is 18.4. The van der Waals surface area contributed by atoms with Gasteiger partial charge in [-0.15, -0.1) is 0 Å². The van der Waals surface area contributed by atoms with Gasteiger partial charge in [-0.25, -0.2) is 0 Å². The molecule has 134 valence electrons. The second kappa shape index (κ2) is 9.18. The molecule has 7 heteroatoms. The van der Waals surface area contributed by atoms with Crippen LogP contribution in [0.25, 0.3) is 0 Å². The molecule has 0 fully saturated rings. The van der Waals surface area contributed by atoms with Gasteiger partial charge in [0.25, 0.3) is 0 Å². The maximum absolute atomic E-state index is 12.1. The lowest BCUT2D eigenvalue weighted by atomic mass is 10.2. The molecule has 0 aliphatic heterocycles. The summed E-state index contributed by atoms with van der Waals surface area (Å²) in [5, 5.41) is 6.73. The van der Waals surface area contributed by atoms with Crippen LogP contribution >= 0.6 is 34.8 Å². The smallest absolute Gasteiger partial charge is 0.243 e. The number of halogens is 3. The lowest BCUT2D eigenvalue weighted by molar-refractivity contribution is -0.114. The summed E-state index contributed by atoms with van der Waals surface area (Å²) in [6.07, 6.45) is 1.06. The van der Waals surface area contributed by atoms with Gasteiger partial charge in [0.2, 0.25) is 5.91 Å². The van der Waals surface area contributed by atoms with Crippen molar-refractivity contribution >= 4 is 52.1 Å². The second-order valence-corrected chi connectivity index (χ2v) is 6.73. The van der Waals surface area contributed by atoms with E-state index in [0.717, 1.165) is 17.9 Å². The molecule has 2 aromatic carbocycles. The van der Waals surface area contributed by atoms with Crippen LogP contribution in [0, 0.1) is 0 Å². The van der Waals surface area contributed by atoms with E-state index in [1.807, 2.05) is 31.2 Å². The Balaban J connectivity index is 1.94. The Morgan fingerprint density at radius 3 is 2.56 bits per heavy atom. The first kappa shape index (κ1) is 19.7. The molecule has 1 amide bonds. The molecule has 2 rings (SSSR count). The number of carbonyl (C=O) groups is 1. The highest BCUT2D eigenvalue weighted by Crippen LogP contribution is 2.32. The van der Waals surface area contributed by atoms with Crippen molar-refractivity contribution in [2.45, 2.75) is 26.4 Å². The fourth-order valence-electron chi connectivity index (χ4n) is 1.99. The van der Waals surface area contributed by atoms with E-state index in [1.54, 1.807) is 0 Å². The predicted molar refractivity (Wildman–Crippen MR) is 105 cm³/mol. The molecule has 0 radical (unpaired) electrons. The van der Waals surface area contributed by atoms with E-state index in [4.69, 9.17) is 39.5 Å². The molecule has 0 saturated heterocycles. The standard InChI is InChI=1S/C18H19Cl3N2O2/c1-3-11(2)25-13-6-4-5-12(7-13)22-10-18(24)23-17-9-15(20)14(19)8-16(17)21/h4-9,11,22H,3,10H2,1-2H3,(H,23,24). The highest BCUT2D eigenvalue weighted by atomic mass is 35.5. The van der Waals surface area contributed by atoms with Gasteiger partial charge in [-0.3, -0.25) is 4.79 Å². The average molecular weight is 402 g/mol. The maximum Gasteiger partial charge on any atom is 0.243 e. The van der Waals surface area contributed by atoms with Gasteiger partial charge in [0, 0.05) is 11.8 Å². The van der Waals surface area contributed by atoms with Gasteiger partial charge in [0.15, 0.2) is 0 Å². The molecule has 0 spiro atoms. The van der Waals surface area contributed by atoms with Crippen molar-refractivity contribution in [1.82, 2.24) is 0 Å². The van der Waals surface area contributed by atoms with E-state index in [2.05, 4.69) is 17.6 Å². The minimum Gasteiger partial charge on any atom is -0.491 e. The normalized spacial score (nSPS) is 11.7. The van der Waals surface area contributed by atoms with E-state index < -0.39 is 0 Å². The Morgan fingerprint density at radius 1 is 1.12 bits per heavy atom. The lowest BCUT2D eigenvalue weighted by Crippen LogP contribution is -2.22. The molecule has 0 saturated carbocycles. The summed E-state index contributed by atoms with van der Waals surface area (Å²) in [5.41, 5.74) is 1.20. The van der Waals surface area contributed by atoms with Gasteiger partial charge in [-0.1, -0.05) is 47.8 Å². The van der Waals surface area contributed by atoms with E-state index >= 15 is 0 Å². The van der Waals surface area contributed by atoms with Crippen LogP contribution in [0.4, 0.5) is 11.4 Å². The quantitative estimate of drug-likeness (QED) is 0.570. The Labute approximate surface area is 162 Å². The number of nitrogens with one attached hydrogen (secondary N) is 2. The number of anilines is 2. The fourth-order valence-corrected chi connectivity index (χ4v) is 2.58. The monoisotopic (exact) mass is 400 g/mol. The molecule has 0 bridgehead atoms. The number of carbonyl (C=O) groups excluding carboxylic acids is 1. The number of hydrogen-bond donors (Lipinski definition) is 2. The number of hydrogen-bond acceptors (Lipinski definition) is 3. The molecule has 0 aliphatic carbocycles. The maximum atomic E-state index is 12.1. The van der Waals surface area contributed by atoms with E-state index in [9.17, 15) is 4.79 Å². The van der Waals surface area contributed by atoms with Crippen LogP contribution in [0.15, 0.2) is 36.4 Å². The Kier molecular flexibility index (Phi) is 7.24. The summed E-state index contributed by atoms with van der Waals surface area (Å²) < 4.78 is 5.76. The third kappa shape index (κ3) is 5.99. The van der Waals surface area contributed by atoms with Crippen LogP contribution in [-0.2, 0) is 4.79 Å². The number of amides is 1. The molecule has 0 aliphatic rings. The van der Waals surface area contributed by atoms with Gasteiger partial charge in [-0.05, 0) is 37.6 Å². The largest absolute Gasteiger partial charge is 0.491 e. The van der Waals surface area contributed by atoms with E-state index in [-0.39, 0.29) is 18.6 Å². The molecule has 0 aromatic heterocycles. The highest BCUT2D eigenvalue weighted by molar-refractivity contribution is 6.44. The van der Waals surface area contributed by atoms with Gasteiger partial charge in [0.05, 0.1) is 33.4 Å². The molecule has 1 unspecified atom stereocenters. The summed E-state index contributed by atoms with van der Waals surface area (Å²) in [6.45, 7) is 4.14. The summed E-state index contributed by atoms with van der Waals surface area (Å²) in [7, 11) is 0. The minimum absolute atomic E-state index is 0.0728. The van der Waals surface area contributed by atoms with Crippen molar-refractivity contribution < 1.29 is 9.53 Å². The Bertz CT molecular complexity index is 753. The predicted octanol–water partition coefficient (Wildman–Crippen LogP) is 5.87. The van der Waals surface area contributed by atoms with Gasteiger partial charge < -0.3 is 15.4 Å². The summed E-state index contributed by atoms with van der Waals surface area (Å²) >= 11 is 17.9. The highest BCUT2D eigenvalue weighted by Gasteiger charge is 2.10. The molecular weight excluding hydrogens is 383 g/mol. The molecule has 2 N–H and O–H groups in total. The molecule has 25 heavy (non-hydrogen) atoms. The molecule has 1 atom stereocenters. The number of ether oxygens (including phenoxy) is 1. The van der Waals surface area contributed by atoms with Gasteiger partial charge in [0.1, 0.15) is 5.75 Å². The third-order valence-electron chi connectivity index (χ3n) is 3.48. The van der Waals surface area contributed by atoms with Crippen molar-refractivity contribution in [1.29, 1.82) is 0 Å². The van der Waals surface area contributed by atoms with E-state index in [0.29, 0.717) is 20.8 Å². The lowest BCUT2D eigenvalue weighted by Gasteiger charge is -2.14. The van der Waals surface area contributed by atoms with Crippen LogP contribution < -0.4 is 15.4 Å². The van der Waals surface area contributed by atoms with Crippen molar-refractivity contribution in [3.05, 3.63) is 51.5 Å². The SMILES string of the molecule is CCC(C)Oc1cccc(NCC(=O)Nc2cc(Cl)c(Cl)cc2Cl)c1. The molecule has 0 heterocycles. The zero-order valence-electron chi connectivity index (χ0n) is 13.9. The molecule has 2 aromatic rings. The van der Waals surface area contributed by atoms with E-state index in [1.165, 1.54) is 12.1 Å². The Morgan fingerprint density at radius 2 is 1.84 bits per heavy atom. The first-order valence-corrected chi connectivity index (χ1v) is 8.97. The first-order chi connectivity index (χ1) is 11.9. The van der Waals surface area contributed by atoms with Crippen LogP contribution in [-0.4, -0.2) is 18.6 Å². The van der Waals surface area contributed by atoms with Gasteiger partial charge in [-0.2, -0.15) is 0 Å². The van der Waals surface area contributed by atoms with Crippen LogP contribution in [0.1, 0.15) is 20.3 Å². The van der Waals surface area contributed by atoms with Crippen LogP contribution in [0.2, 0.25) is 15.1 Å². The average Bonchev–Trinajstić information content (AvgIpc) is 2.58. The zero-order valence-corrected chi connectivity index (χ0v) is 16.2.